The van der Waals surface area contributed by atoms with Crippen molar-refractivity contribution in [1.82, 2.24) is 25.7 Å². The normalized spacial score (nSPS) is 21.9. The number of aliphatic carboxylic acids is 1. The lowest BCUT2D eigenvalue weighted by Gasteiger charge is -2.49. The van der Waals surface area contributed by atoms with Crippen LogP contribution >= 0.6 is 23.5 Å². The summed E-state index contributed by atoms with van der Waals surface area (Å²) in [5.41, 5.74) is 0.571. The number of nitrogens with one attached hydrogen (secondary N) is 2. The molecule has 0 aliphatic carbocycles. The fraction of sp³-hybridized carbons (Fsp3) is 0.500. The van der Waals surface area contributed by atoms with Crippen LogP contribution < -0.4 is 10.6 Å². The largest absolute Gasteiger partial charge is 0.477 e. The maximum atomic E-state index is 12.4. The number of fused-ring (bicyclic) bond motifs is 1. The number of carbonyl (C=O) groups is 3. The molecule has 1 aromatic heterocycles. The first-order valence-corrected chi connectivity index (χ1v) is 9.89. The number of urea groups is 1. The summed E-state index contributed by atoms with van der Waals surface area (Å²) in [5, 5.41) is 22.0. The average Bonchev–Trinajstić information content (AvgIpc) is 3.15. The van der Waals surface area contributed by atoms with E-state index in [0.717, 1.165) is 6.42 Å². The molecule has 0 spiro atoms. The molecule has 3 N–H and O–H groups in total. The number of carbonyl (C=O) groups excluding carboxylic acids is 2. The minimum Gasteiger partial charge on any atom is -0.477 e. The number of hydrogen-bond donors (Lipinski definition) is 3. The van der Waals surface area contributed by atoms with Crippen molar-refractivity contribution in [2.75, 3.05) is 18.1 Å². The standard InChI is InChI=1S/C14H17N5O5S2/c1-2-3-15-13(23)17-8-10(20)19-9(12(21)22)7(4-25-11(8)19)5-26-14-18-16-6-24-14/h6,8,11H,2-5H2,1H3,(H,21,22)(H2,15,17,23)/t8?,11-/m0/s1. The summed E-state index contributed by atoms with van der Waals surface area (Å²) >= 11 is 2.63. The summed E-state index contributed by atoms with van der Waals surface area (Å²) in [6.45, 7) is 2.43. The zero-order chi connectivity index (χ0) is 18.7. The zero-order valence-electron chi connectivity index (χ0n) is 13.8. The number of aromatic nitrogens is 2. The Hall–Kier alpha value is -2.21. The van der Waals surface area contributed by atoms with Crippen molar-refractivity contribution >= 4 is 41.4 Å². The molecule has 0 bridgehead atoms. The highest BCUT2D eigenvalue weighted by Crippen LogP contribution is 2.41. The van der Waals surface area contributed by atoms with Crippen LogP contribution in [0.1, 0.15) is 13.3 Å². The van der Waals surface area contributed by atoms with E-state index in [1.54, 1.807) is 0 Å². The van der Waals surface area contributed by atoms with Crippen LogP contribution in [0, 0.1) is 0 Å². The van der Waals surface area contributed by atoms with Crippen molar-refractivity contribution in [1.29, 1.82) is 0 Å². The Kier molecular flexibility index (Phi) is 5.71. The molecule has 1 unspecified atom stereocenters. The number of hydrogen-bond acceptors (Lipinski definition) is 8. The number of carboxylic acid groups (broad SMARTS) is 1. The molecule has 2 aliphatic rings. The van der Waals surface area contributed by atoms with Crippen molar-refractivity contribution in [3.63, 3.8) is 0 Å². The summed E-state index contributed by atoms with van der Waals surface area (Å²) in [6.07, 6.45) is 1.97. The maximum Gasteiger partial charge on any atom is 0.352 e. The van der Waals surface area contributed by atoms with Gasteiger partial charge in [-0.1, -0.05) is 18.7 Å². The zero-order valence-corrected chi connectivity index (χ0v) is 15.4. The van der Waals surface area contributed by atoms with Gasteiger partial charge in [0.05, 0.1) is 0 Å². The van der Waals surface area contributed by atoms with E-state index in [1.807, 2.05) is 6.92 Å². The van der Waals surface area contributed by atoms with Crippen LogP contribution in [0.3, 0.4) is 0 Å². The topological polar surface area (TPSA) is 138 Å². The second-order valence-electron chi connectivity index (χ2n) is 5.54. The van der Waals surface area contributed by atoms with Crippen molar-refractivity contribution < 1.29 is 23.9 Å². The Balaban J connectivity index is 1.69. The van der Waals surface area contributed by atoms with Crippen LogP contribution in [-0.2, 0) is 9.59 Å². The van der Waals surface area contributed by atoms with E-state index in [0.29, 0.717) is 28.8 Å². The Morgan fingerprint density at radius 2 is 2.35 bits per heavy atom. The summed E-state index contributed by atoms with van der Waals surface area (Å²) < 4.78 is 5.03. The molecule has 2 atom stereocenters. The molecule has 1 saturated heterocycles. The second kappa shape index (κ2) is 7.99. The number of carboxylic acids is 1. The lowest BCUT2D eigenvalue weighted by Crippen LogP contribution is -2.71. The first-order chi connectivity index (χ1) is 12.5. The average molecular weight is 399 g/mol. The van der Waals surface area contributed by atoms with Crippen LogP contribution in [0.2, 0.25) is 0 Å². The summed E-state index contributed by atoms with van der Waals surface area (Å²) in [7, 11) is 0. The van der Waals surface area contributed by atoms with Gasteiger partial charge < -0.3 is 20.2 Å². The van der Waals surface area contributed by atoms with Gasteiger partial charge in [0, 0.05) is 18.1 Å². The highest BCUT2D eigenvalue weighted by atomic mass is 32.2. The maximum absolute atomic E-state index is 12.4. The van der Waals surface area contributed by atoms with Crippen LogP contribution in [-0.4, -0.2) is 67.6 Å². The minimum absolute atomic E-state index is 0.0298. The molecule has 0 radical (unpaired) electrons. The van der Waals surface area contributed by atoms with Gasteiger partial charge in [-0.25, -0.2) is 9.59 Å². The van der Waals surface area contributed by atoms with Crippen molar-refractivity contribution in [2.45, 2.75) is 30.0 Å². The van der Waals surface area contributed by atoms with Gasteiger partial charge in [-0.05, 0) is 12.0 Å². The number of β-lactam (4-membered cyclic amide) rings is 1. The fourth-order valence-corrected chi connectivity index (χ4v) is 4.83. The van der Waals surface area contributed by atoms with Gasteiger partial charge in [-0.3, -0.25) is 9.69 Å². The molecule has 10 nitrogen and oxygen atoms in total. The van der Waals surface area contributed by atoms with Crippen molar-refractivity contribution in [3.8, 4) is 0 Å². The molecule has 0 aromatic carbocycles. The highest BCUT2D eigenvalue weighted by molar-refractivity contribution is 8.01. The van der Waals surface area contributed by atoms with E-state index in [4.69, 9.17) is 4.42 Å². The molecule has 26 heavy (non-hydrogen) atoms. The molecule has 2 aliphatic heterocycles. The third kappa shape index (κ3) is 3.65. The van der Waals surface area contributed by atoms with Crippen LogP contribution in [0.5, 0.6) is 0 Å². The predicted molar refractivity (Wildman–Crippen MR) is 93.4 cm³/mol. The molecule has 140 valence electrons. The molecular weight excluding hydrogens is 382 g/mol. The Labute approximate surface area is 157 Å². The molecule has 3 amide bonds. The predicted octanol–water partition coefficient (Wildman–Crippen LogP) is 0.493. The fourth-order valence-electron chi connectivity index (χ4n) is 2.60. The number of thioether (sulfide) groups is 2. The van der Waals surface area contributed by atoms with Crippen LogP contribution in [0.15, 0.2) is 27.3 Å². The van der Waals surface area contributed by atoms with Gasteiger partial charge in [-0.15, -0.1) is 22.0 Å². The quantitative estimate of drug-likeness (QED) is 0.442. The molecule has 3 rings (SSSR count). The van der Waals surface area contributed by atoms with Crippen molar-refractivity contribution in [2.24, 2.45) is 0 Å². The Bertz CT molecular complexity index is 738. The van der Waals surface area contributed by atoms with Gasteiger partial charge in [-0.2, -0.15) is 0 Å². The van der Waals surface area contributed by atoms with Gasteiger partial charge in [0.2, 0.25) is 6.39 Å². The van der Waals surface area contributed by atoms with Crippen LogP contribution in [0.4, 0.5) is 4.79 Å². The van der Waals surface area contributed by atoms with Gasteiger partial charge in [0.25, 0.3) is 11.1 Å². The van der Waals surface area contributed by atoms with Gasteiger partial charge >= 0.3 is 12.0 Å². The SMILES string of the molecule is CCCNC(=O)NC1C(=O)N2C(C(=O)O)=C(CSc3nnco3)CS[C@@H]12. The molecule has 1 fully saturated rings. The first-order valence-electron chi connectivity index (χ1n) is 7.86. The third-order valence-electron chi connectivity index (χ3n) is 3.78. The van der Waals surface area contributed by atoms with E-state index in [2.05, 4.69) is 20.8 Å². The first kappa shape index (κ1) is 18.6. The molecular formula is C14H17N5O5S2. The molecule has 1 aromatic rings. The number of rotatable bonds is 7. The lowest BCUT2D eigenvalue weighted by molar-refractivity contribution is -0.148. The molecule has 0 saturated carbocycles. The number of amides is 3. The summed E-state index contributed by atoms with van der Waals surface area (Å²) in [6, 6.07) is -1.15. The highest BCUT2D eigenvalue weighted by Gasteiger charge is 2.54. The van der Waals surface area contributed by atoms with E-state index in [-0.39, 0.29) is 5.70 Å². The van der Waals surface area contributed by atoms with E-state index in [1.165, 1.54) is 34.8 Å². The minimum atomic E-state index is -1.17. The van der Waals surface area contributed by atoms with E-state index >= 15 is 0 Å². The molecule has 3 heterocycles. The molecule has 12 heteroatoms. The summed E-state index contributed by atoms with van der Waals surface area (Å²) in [5.74, 6) is -0.834. The monoisotopic (exact) mass is 399 g/mol. The smallest absolute Gasteiger partial charge is 0.352 e. The Morgan fingerprint density at radius 1 is 1.54 bits per heavy atom. The summed E-state index contributed by atoms with van der Waals surface area (Å²) in [4.78, 5) is 37.2. The lowest BCUT2D eigenvalue weighted by atomic mass is 10.0. The third-order valence-corrected chi connectivity index (χ3v) is 6.04. The van der Waals surface area contributed by atoms with Crippen LogP contribution in [0.25, 0.3) is 0 Å². The van der Waals surface area contributed by atoms with Gasteiger partial charge in [0.1, 0.15) is 17.1 Å². The Morgan fingerprint density at radius 3 is 3.00 bits per heavy atom. The number of nitrogens with zero attached hydrogens (tertiary/aromatic N) is 3. The van der Waals surface area contributed by atoms with Gasteiger partial charge in [0.15, 0.2) is 0 Å². The van der Waals surface area contributed by atoms with E-state index < -0.39 is 29.3 Å². The second-order valence-corrected chi connectivity index (χ2v) is 7.57. The van der Waals surface area contributed by atoms with E-state index in [9.17, 15) is 19.5 Å². The van der Waals surface area contributed by atoms with Crippen molar-refractivity contribution in [3.05, 3.63) is 17.7 Å².